The molecule has 2 N–H and O–H groups in total. The lowest BCUT2D eigenvalue weighted by Gasteiger charge is -2.37. The number of nitrogens with one attached hydrogen (secondary N) is 2. The van der Waals surface area contributed by atoms with E-state index in [2.05, 4.69) is 33.4 Å². The van der Waals surface area contributed by atoms with Gasteiger partial charge in [-0.1, -0.05) is 29.3 Å². The van der Waals surface area contributed by atoms with Gasteiger partial charge in [-0.2, -0.15) is 0 Å². The van der Waals surface area contributed by atoms with Gasteiger partial charge in [-0.25, -0.2) is 0 Å². The van der Waals surface area contributed by atoms with Crippen LogP contribution in [0.5, 0.6) is 0 Å². The predicted octanol–water partition coefficient (Wildman–Crippen LogP) is 4.55. The van der Waals surface area contributed by atoms with Crippen molar-refractivity contribution in [3.05, 3.63) is 28.2 Å². The van der Waals surface area contributed by atoms with Gasteiger partial charge in [-0.05, 0) is 75.8 Å². The molecule has 0 radical (unpaired) electrons. The molecule has 2 fully saturated rings. The minimum Gasteiger partial charge on any atom is -0.368 e. The van der Waals surface area contributed by atoms with Crippen molar-refractivity contribution in [1.29, 1.82) is 0 Å². The molecule has 1 heterocycles. The van der Waals surface area contributed by atoms with Crippen molar-refractivity contribution in [2.75, 3.05) is 44.2 Å². The maximum absolute atomic E-state index is 6.38. The molecule has 1 aromatic carbocycles. The molecule has 0 aromatic heterocycles. The van der Waals surface area contributed by atoms with Gasteiger partial charge in [0.15, 0.2) is 5.11 Å². The maximum atomic E-state index is 6.38. The lowest BCUT2D eigenvalue weighted by molar-refractivity contribution is 0.214. The van der Waals surface area contributed by atoms with Gasteiger partial charge < -0.3 is 15.5 Å². The van der Waals surface area contributed by atoms with Crippen molar-refractivity contribution in [3.8, 4) is 0 Å². The normalized spacial score (nSPS) is 23.5. The van der Waals surface area contributed by atoms with Crippen molar-refractivity contribution >= 4 is 46.2 Å². The second-order valence-electron chi connectivity index (χ2n) is 7.91. The van der Waals surface area contributed by atoms with E-state index in [-0.39, 0.29) is 0 Å². The van der Waals surface area contributed by atoms with Gasteiger partial charge in [0, 0.05) is 38.8 Å². The first-order valence-electron chi connectivity index (χ1n) is 10.5. The maximum Gasteiger partial charge on any atom is 0.166 e. The van der Waals surface area contributed by atoms with Gasteiger partial charge in [-0.3, -0.25) is 4.90 Å². The van der Waals surface area contributed by atoms with Crippen LogP contribution in [0.15, 0.2) is 18.2 Å². The van der Waals surface area contributed by atoms with E-state index in [0.29, 0.717) is 16.1 Å². The van der Waals surface area contributed by atoms with E-state index in [0.717, 1.165) is 49.4 Å². The fraction of sp³-hybridized carbons (Fsp3) is 0.667. The SMILES string of the molecule is CCNC(=S)NC1CCC(CCN2CCN(c3cccc(Cl)c3Cl)CC2)CC1. The quantitative estimate of drug-likeness (QED) is 0.630. The highest BCUT2D eigenvalue weighted by Gasteiger charge is 2.24. The van der Waals surface area contributed by atoms with Crippen LogP contribution < -0.4 is 15.5 Å². The summed E-state index contributed by atoms with van der Waals surface area (Å²) < 4.78 is 0. The molecule has 28 heavy (non-hydrogen) atoms. The predicted molar refractivity (Wildman–Crippen MR) is 125 cm³/mol. The molecule has 0 amide bonds. The van der Waals surface area contributed by atoms with Crippen LogP contribution >= 0.6 is 35.4 Å². The Balaban J connectivity index is 1.35. The number of nitrogens with zero attached hydrogens (tertiary/aromatic N) is 2. The number of benzene rings is 1. The van der Waals surface area contributed by atoms with Crippen molar-refractivity contribution < 1.29 is 0 Å². The summed E-state index contributed by atoms with van der Waals surface area (Å²) in [5, 5.41) is 8.77. The molecule has 0 spiro atoms. The van der Waals surface area contributed by atoms with Crippen molar-refractivity contribution in [2.45, 2.75) is 45.1 Å². The molecule has 156 valence electrons. The fourth-order valence-electron chi connectivity index (χ4n) is 4.31. The molecule has 7 heteroatoms. The molecular weight excluding hydrogens is 411 g/mol. The first-order chi connectivity index (χ1) is 13.6. The van der Waals surface area contributed by atoms with E-state index < -0.39 is 0 Å². The van der Waals surface area contributed by atoms with E-state index in [1.807, 2.05) is 12.1 Å². The van der Waals surface area contributed by atoms with Crippen LogP contribution in [0.2, 0.25) is 10.0 Å². The second-order valence-corrected chi connectivity index (χ2v) is 9.11. The average Bonchev–Trinajstić information content (AvgIpc) is 2.70. The van der Waals surface area contributed by atoms with Crippen LogP contribution in [0.1, 0.15) is 39.0 Å². The molecule has 1 saturated heterocycles. The van der Waals surface area contributed by atoms with Crippen LogP contribution in [0, 0.1) is 5.92 Å². The summed E-state index contributed by atoms with van der Waals surface area (Å²) in [6.07, 6.45) is 6.39. The van der Waals surface area contributed by atoms with E-state index in [1.165, 1.54) is 38.6 Å². The van der Waals surface area contributed by atoms with Gasteiger partial charge in [0.25, 0.3) is 0 Å². The highest BCUT2D eigenvalue weighted by Crippen LogP contribution is 2.33. The van der Waals surface area contributed by atoms with Crippen molar-refractivity contribution in [3.63, 3.8) is 0 Å². The number of piperazine rings is 1. The second kappa shape index (κ2) is 10.9. The summed E-state index contributed by atoms with van der Waals surface area (Å²) in [5.74, 6) is 0.853. The van der Waals surface area contributed by atoms with Gasteiger partial charge >= 0.3 is 0 Å². The summed E-state index contributed by atoms with van der Waals surface area (Å²) in [7, 11) is 0. The Kier molecular flexibility index (Phi) is 8.52. The number of halogens is 2. The first kappa shape index (κ1) is 21.9. The minimum atomic E-state index is 0.550. The van der Waals surface area contributed by atoms with Crippen molar-refractivity contribution in [2.24, 2.45) is 5.92 Å². The Hall–Kier alpha value is -0.750. The van der Waals surface area contributed by atoms with Gasteiger partial charge in [0.1, 0.15) is 0 Å². The molecule has 1 aromatic rings. The zero-order valence-corrected chi connectivity index (χ0v) is 19.1. The van der Waals surface area contributed by atoms with E-state index in [4.69, 9.17) is 35.4 Å². The van der Waals surface area contributed by atoms with Crippen LogP contribution in [0.3, 0.4) is 0 Å². The summed E-state index contributed by atoms with van der Waals surface area (Å²) >= 11 is 17.9. The van der Waals surface area contributed by atoms with E-state index in [1.54, 1.807) is 0 Å². The highest BCUT2D eigenvalue weighted by molar-refractivity contribution is 7.80. The largest absolute Gasteiger partial charge is 0.368 e. The molecule has 0 bridgehead atoms. The number of anilines is 1. The molecule has 2 aliphatic rings. The molecule has 1 aliphatic carbocycles. The third kappa shape index (κ3) is 6.12. The molecule has 0 unspecified atom stereocenters. The van der Waals surface area contributed by atoms with E-state index in [9.17, 15) is 0 Å². The third-order valence-electron chi connectivity index (χ3n) is 6.02. The Morgan fingerprint density at radius 1 is 1.11 bits per heavy atom. The molecule has 3 rings (SSSR count). The van der Waals surface area contributed by atoms with Crippen LogP contribution in [-0.2, 0) is 0 Å². The third-order valence-corrected chi connectivity index (χ3v) is 7.09. The smallest absolute Gasteiger partial charge is 0.166 e. The lowest BCUT2D eigenvalue weighted by Crippen LogP contribution is -2.47. The molecule has 4 nitrogen and oxygen atoms in total. The summed E-state index contributed by atoms with van der Waals surface area (Å²) in [5.41, 5.74) is 1.06. The van der Waals surface area contributed by atoms with E-state index >= 15 is 0 Å². The first-order valence-corrected chi connectivity index (χ1v) is 11.7. The number of hydrogen-bond donors (Lipinski definition) is 2. The van der Waals surface area contributed by atoms with Crippen LogP contribution in [-0.4, -0.2) is 55.3 Å². The lowest BCUT2D eigenvalue weighted by atomic mass is 9.84. The Bertz CT molecular complexity index is 641. The topological polar surface area (TPSA) is 30.5 Å². The van der Waals surface area contributed by atoms with Crippen molar-refractivity contribution in [1.82, 2.24) is 15.5 Å². The summed E-state index contributed by atoms with van der Waals surface area (Å²) in [4.78, 5) is 4.95. The standard InChI is InChI=1S/C21H32Cl2N4S/c1-2-24-21(28)25-17-8-6-16(7-9-17)10-11-26-12-14-27(15-13-26)19-5-3-4-18(22)20(19)23/h3-5,16-17H,2,6-15H2,1H3,(H2,24,25,28). The van der Waals surface area contributed by atoms with Gasteiger partial charge in [0.05, 0.1) is 15.7 Å². The fourth-order valence-corrected chi connectivity index (χ4v) is 5.03. The van der Waals surface area contributed by atoms with Crippen LogP contribution in [0.25, 0.3) is 0 Å². The number of rotatable bonds is 6. The zero-order chi connectivity index (χ0) is 19.9. The average molecular weight is 443 g/mol. The molecule has 1 aliphatic heterocycles. The molecule has 1 saturated carbocycles. The number of thiocarbonyl (C=S) groups is 1. The summed E-state index contributed by atoms with van der Waals surface area (Å²) in [6, 6.07) is 6.44. The van der Waals surface area contributed by atoms with Gasteiger partial charge in [-0.15, -0.1) is 0 Å². The minimum absolute atomic E-state index is 0.550. The summed E-state index contributed by atoms with van der Waals surface area (Å²) in [6.45, 7) is 8.38. The Morgan fingerprint density at radius 2 is 1.82 bits per heavy atom. The number of hydrogen-bond acceptors (Lipinski definition) is 3. The van der Waals surface area contributed by atoms with Gasteiger partial charge in [0.2, 0.25) is 0 Å². The molecular formula is C21H32Cl2N4S. The Morgan fingerprint density at radius 3 is 2.50 bits per heavy atom. The Labute approximate surface area is 184 Å². The highest BCUT2D eigenvalue weighted by atomic mass is 35.5. The molecule has 0 atom stereocenters. The zero-order valence-electron chi connectivity index (χ0n) is 16.7. The van der Waals surface area contributed by atoms with Crippen LogP contribution in [0.4, 0.5) is 5.69 Å². The monoisotopic (exact) mass is 442 g/mol.